The number of hydrogen-bond acceptors (Lipinski definition) is 5. The fraction of sp³-hybridized carbons (Fsp3) is 0. The van der Waals surface area contributed by atoms with Crippen molar-refractivity contribution in [2.24, 2.45) is 0 Å². The number of aromatic nitrogens is 3. The number of ether oxygens (including phenoxy) is 1. The highest BCUT2D eigenvalue weighted by atomic mass is 35.5. The highest BCUT2D eigenvalue weighted by Gasteiger charge is 2.11. The van der Waals surface area contributed by atoms with Gasteiger partial charge >= 0.3 is 6.01 Å². The van der Waals surface area contributed by atoms with Gasteiger partial charge in [0.25, 0.3) is 0 Å². The van der Waals surface area contributed by atoms with Crippen LogP contribution < -0.4 is 10.5 Å². The molecule has 8 heteroatoms. The zero-order valence-corrected chi connectivity index (χ0v) is 9.71. The lowest BCUT2D eigenvalue weighted by atomic mass is 10.3. The molecule has 2 N–H and O–H groups in total. The van der Waals surface area contributed by atoms with Crippen molar-refractivity contribution in [2.45, 2.75) is 0 Å². The summed E-state index contributed by atoms with van der Waals surface area (Å²) in [4.78, 5) is 10.8. The summed E-state index contributed by atoms with van der Waals surface area (Å²) in [5, 5.41) is -0.217. The van der Waals surface area contributed by atoms with Gasteiger partial charge in [-0.15, -0.1) is 0 Å². The average Bonchev–Trinajstić information content (AvgIpc) is 2.23. The summed E-state index contributed by atoms with van der Waals surface area (Å²) in [6.45, 7) is 0. The summed E-state index contributed by atoms with van der Waals surface area (Å²) in [7, 11) is 0. The molecule has 0 unspecified atom stereocenters. The maximum absolute atomic E-state index is 13.5. The predicted octanol–water partition coefficient (Wildman–Crippen LogP) is 2.69. The lowest BCUT2D eigenvalue weighted by Crippen LogP contribution is -2.01. The molecule has 0 saturated carbocycles. The Balaban J connectivity index is 2.34. The summed E-state index contributed by atoms with van der Waals surface area (Å²) >= 11 is 11.1. The normalized spacial score (nSPS) is 10.3. The van der Waals surface area contributed by atoms with Crippen LogP contribution in [0.5, 0.6) is 11.8 Å². The van der Waals surface area contributed by atoms with E-state index in [0.29, 0.717) is 0 Å². The zero-order chi connectivity index (χ0) is 12.4. The Morgan fingerprint density at radius 2 is 1.94 bits per heavy atom. The van der Waals surface area contributed by atoms with Gasteiger partial charge < -0.3 is 10.5 Å². The SMILES string of the molecule is Nc1nc(Cl)nc(Oc2cccc(Cl)c2F)n1. The quantitative estimate of drug-likeness (QED) is 0.912. The summed E-state index contributed by atoms with van der Waals surface area (Å²) in [5.74, 6) is -0.967. The molecular formula is C9H5Cl2FN4O. The third-order valence-corrected chi connectivity index (χ3v) is 2.18. The molecule has 0 aliphatic carbocycles. The van der Waals surface area contributed by atoms with Crippen LogP contribution in [0.25, 0.3) is 0 Å². The summed E-state index contributed by atoms with van der Waals surface area (Å²) in [6, 6.07) is 4.07. The van der Waals surface area contributed by atoms with Gasteiger partial charge in [0.05, 0.1) is 5.02 Å². The van der Waals surface area contributed by atoms with Gasteiger partial charge in [-0.2, -0.15) is 15.0 Å². The minimum Gasteiger partial charge on any atom is -0.421 e. The van der Waals surface area contributed by atoms with Crippen molar-refractivity contribution < 1.29 is 9.13 Å². The number of nitrogens with zero attached hydrogens (tertiary/aromatic N) is 3. The van der Waals surface area contributed by atoms with Gasteiger partial charge in [0.2, 0.25) is 11.2 Å². The van der Waals surface area contributed by atoms with E-state index >= 15 is 0 Å². The van der Waals surface area contributed by atoms with Crippen LogP contribution in [-0.2, 0) is 0 Å². The molecule has 5 nitrogen and oxygen atoms in total. The third kappa shape index (κ3) is 2.72. The Hall–Kier alpha value is -1.66. The number of rotatable bonds is 2. The molecule has 2 aromatic rings. The molecule has 17 heavy (non-hydrogen) atoms. The fourth-order valence-electron chi connectivity index (χ4n) is 1.05. The number of anilines is 1. The first-order chi connectivity index (χ1) is 8.06. The molecule has 0 amide bonds. The van der Waals surface area contributed by atoms with Crippen LogP contribution >= 0.6 is 23.2 Å². The lowest BCUT2D eigenvalue weighted by Gasteiger charge is -2.05. The van der Waals surface area contributed by atoms with Gasteiger partial charge in [0.15, 0.2) is 11.6 Å². The Kier molecular flexibility index (Phi) is 3.26. The predicted molar refractivity (Wildman–Crippen MR) is 60.7 cm³/mol. The molecule has 1 heterocycles. The van der Waals surface area contributed by atoms with E-state index in [4.69, 9.17) is 33.7 Å². The Bertz CT molecular complexity index is 546. The highest BCUT2D eigenvalue weighted by molar-refractivity contribution is 6.30. The minimum absolute atomic E-state index is 0.0735. The molecule has 0 aliphatic heterocycles. The van der Waals surface area contributed by atoms with Gasteiger partial charge in [-0.1, -0.05) is 17.7 Å². The molecule has 1 aromatic heterocycles. The lowest BCUT2D eigenvalue weighted by molar-refractivity contribution is 0.410. The van der Waals surface area contributed by atoms with E-state index < -0.39 is 5.82 Å². The molecule has 0 fully saturated rings. The molecule has 0 spiro atoms. The van der Waals surface area contributed by atoms with Crippen LogP contribution in [0.4, 0.5) is 10.3 Å². The number of halogens is 3. The smallest absolute Gasteiger partial charge is 0.328 e. The van der Waals surface area contributed by atoms with Gasteiger partial charge in [0, 0.05) is 0 Å². The Morgan fingerprint density at radius 3 is 2.65 bits per heavy atom. The van der Waals surface area contributed by atoms with E-state index in [9.17, 15) is 4.39 Å². The largest absolute Gasteiger partial charge is 0.421 e. The maximum Gasteiger partial charge on any atom is 0.328 e. The van der Waals surface area contributed by atoms with Gasteiger partial charge in [-0.05, 0) is 23.7 Å². The third-order valence-electron chi connectivity index (χ3n) is 1.72. The summed E-state index contributed by atoms with van der Waals surface area (Å²) < 4.78 is 18.6. The molecule has 2 rings (SSSR count). The van der Waals surface area contributed by atoms with Crippen LogP contribution in [-0.4, -0.2) is 15.0 Å². The van der Waals surface area contributed by atoms with Crippen LogP contribution in [0.1, 0.15) is 0 Å². The standard InChI is InChI=1S/C9H5Cl2FN4O/c10-4-2-1-3-5(6(4)12)17-9-15-7(11)14-8(13)16-9/h1-3H,(H2,13,14,15,16). The second kappa shape index (κ2) is 4.68. The van der Waals surface area contributed by atoms with E-state index in [1.54, 1.807) is 0 Å². The molecule has 0 saturated heterocycles. The molecule has 0 radical (unpaired) electrons. The molecule has 0 bridgehead atoms. The second-order valence-electron chi connectivity index (χ2n) is 2.90. The minimum atomic E-state index is -0.718. The van der Waals surface area contributed by atoms with Crippen LogP contribution in [0.2, 0.25) is 10.3 Å². The molecule has 0 aliphatic rings. The van der Waals surface area contributed by atoms with Crippen molar-refractivity contribution in [1.29, 1.82) is 0 Å². The van der Waals surface area contributed by atoms with E-state index in [-0.39, 0.29) is 28.0 Å². The van der Waals surface area contributed by atoms with E-state index in [1.165, 1.54) is 18.2 Å². The average molecular weight is 275 g/mol. The second-order valence-corrected chi connectivity index (χ2v) is 3.64. The number of hydrogen-bond donors (Lipinski definition) is 1. The van der Waals surface area contributed by atoms with E-state index in [0.717, 1.165) is 0 Å². The first-order valence-corrected chi connectivity index (χ1v) is 5.11. The van der Waals surface area contributed by atoms with Crippen LogP contribution in [0.15, 0.2) is 18.2 Å². The van der Waals surface area contributed by atoms with Gasteiger partial charge in [-0.25, -0.2) is 4.39 Å². The molecule has 88 valence electrons. The first kappa shape index (κ1) is 11.8. The van der Waals surface area contributed by atoms with Crippen molar-refractivity contribution in [2.75, 3.05) is 5.73 Å². The van der Waals surface area contributed by atoms with E-state index in [2.05, 4.69) is 15.0 Å². The van der Waals surface area contributed by atoms with E-state index in [1.807, 2.05) is 0 Å². The molecule has 1 aromatic carbocycles. The van der Waals surface area contributed by atoms with Gasteiger partial charge in [0.1, 0.15) is 0 Å². The van der Waals surface area contributed by atoms with Crippen molar-refractivity contribution in [3.63, 3.8) is 0 Å². The number of nitrogens with two attached hydrogens (primary N) is 1. The van der Waals surface area contributed by atoms with Gasteiger partial charge in [-0.3, -0.25) is 0 Å². The molecule has 0 atom stereocenters. The number of benzene rings is 1. The summed E-state index contributed by atoms with van der Waals surface area (Å²) in [5.41, 5.74) is 5.33. The van der Waals surface area contributed by atoms with Crippen molar-refractivity contribution >= 4 is 29.2 Å². The van der Waals surface area contributed by atoms with Crippen LogP contribution in [0.3, 0.4) is 0 Å². The Labute approximate surface area is 105 Å². The van der Waals surface area contributed by atoms with Crippen molar-refractivity contribution in [3.8, 4) is 11.8 Å². The Morgan fingerprint density at radius 1 is 1.18 bits per heavy atom. The highest BCUT2D eigenvalue weighted by Crippen LogP contribution is 2.27. The zero-order valence-electron chi connectivity index (χ0n) is 8.19. The fourth-order valence-corrected chi connectivity index (χ4v) is 1.38. The first-order valence-electron chi connectivity index (χ1n) is 4.35. The summed E-state index contributed by atoms with van der Waals surface area (Å²) in [6.07, 6.45) is 0. The topological polar surface area (TPSA) is 73.9 Å². The van der Waals surface area contributed by atoms with Crippen molar-refractivity contribution in [3.05, 3.63) is 34.3 Å². The number of nitrogen functional groups attached to an aromatic ring is 1. The van der Waals surface area contributed by atoms with Crippen LogP contribution in [0, 0.1) is 5.82 Å². The molecular weight excluding hydrogens is 270 g/mol. The maximum atomic E-state index is 13.5. The monoisotopic (exact) mass is 274 g/mol. The van der Waals surface area contributed by atoms with Crippen molar-refractivity contribution in [1.82, 2.24) is 15.0 Å².